The Balaban J connectivity index is 2.13. The van der Waals surface area contributed by atoms with Gasteiger partial charge in [0.25, 0.3) is 0 Å². The topological polar surface area (TPSA) is 29.0 Å². The zero-order chi connectivity index (χ0) is 9.97. The quantitative estimate of drug-likeness (QED) is 0.829. The van der Waals surface area contributed by atoms with Gasteiger partial charge in [0.05, 0.1) is 4.47 Å². The molecule has 2 rings (SSSR count). The van der Waals surface area contributed by atoms with Crippen LogP contribution in [0.1, 0.15) is 26.2 Å². The first kappa shape index (κ1) is 9.90. The molecule has 1 aromatic heterocycles. The van der Waals surface area contributed by atoms with Gasteiger partial charge in [0, 0.05) is 25.0 Å². The van der Waals surface area contributed by atoms with Crippen LogP contribution in [0.2, 0.25) is 0 Å². The van der Waals surface area contributed by atoms with Crippen LogP contribution in [0.15, 0.2) is 16.9 Å². The minimum Gasteiger partial charge on any atom is -0.338 e. The molecule has 1 aromatic rings. The van der Waals surface area contributed by atoms with Crippen LogP contribution in [0.3, 0.4) is 0 Å². The molecular formula is C10H14BrN3. The van der Waals surface area contributed by atoms with Gasteiger partial charge in [-0.3, -0.25) is 0 Å². The summed E-state index contributed by atoms with van der Waals surface area (Å²) in [5, 5.41) is 0. The summed E-state index contributed by atoms with van der Waals surface area (Å²) in [5.41, 5.74) is 0. The highest BCUT2D eigenvalue weighted by Gasteiger charge is 2.29. The molecule has 0 bridgehead atoms. The number of halogens is 1. The minimum absolute atomic E-state index is 0.691. The van der Waals surface area contributed by atoms with Gasteiger partial charge in [-0.25, -0.2) is 9.97 Å². The largest absolute Gasteiger partial charge is 0.338 e. The van der Waals surface area contributed by atoms with E-state index < -0.39 is 0 Å². The lowest BCUT2D eigenvalue weighted by Gasteiger charge is -2.21. The van der Waals surface area contributed by atoms with Crippen LogP contribution >= 0.6 is 15.9 Å². The highest BCUT2D eigenvalue weighted by Crippen LogP contribution is 2.29. The molecule has 0 unspecified atom stereocenters. The van der Waals surface area contributed by atoms with Crippen LogP contribution in [0, 0.1) is 0 Å². The van der Waals surface area contributed by atoms with Crippen LogP contribution in [0.25, 0.3) is 0 Å². The first-order chi connectivity index (χ1) is 6.81. The Kier molecular flexibility index (Phi) is 3.01. The Bertz CT molecular complexity index is 295. The molecule has 14 heavy (non-hydrogen) atoms. The summed E-state index contributed by atoms with van der Waals surface area (Å²) in [6.07, 6.45) is 7.36. The summed E-state index contributed by atoms with van der Waals surface area (Å²) in [7, 11) is 0. The molecular weight excluding hydrogens is 242 g/mol. The van der Waals surface area contributed by atoms with E-state index in [0.29, 0.717) is 6.04 Å². The normalized spacial score (nSPS) is 15.6. The molecule has 0 spiro atoms. The van der Waals surface area contributed by atoms with Crippen molar-refractivity contribution in [1.29, 1.82) is 0 Å². The highest BCUT2D eigenvalue weighted by molar-refractivity contribution is 9.10. The third-order valence-corrected chi connectivity index (χ3v) is 2.73. The molecule has 1 fully saturated rings. The molecule has 76 valence electrons. The van der Waals surface area contributed by atoms with E-state index in [0.717, 1.165) is 23.4 Å². The van der Waals surface area contributed by atoms with Gasteiger partial charge in [-0.05, 0) is 35.2 Å². The Hall–Kier alpha value is -0.640. The summed E-state index contributed by atoms with van der Waals surface area (Å²) in [5.74, 6) is 0.873. The van der Waals surface area contributed by atoms with E-state index in [2.05, 4.69) is 37.7 Å². The molecule has 0 aliphatic heterocycles. The molecule has 3 nitrogen and oxygen atoms in total. The fourth-order valence-electron chi connectivity index (χ4n) is 1.53. The summed E-state index contributed by atoms with van der Waals surface area (Å²) in [6.45, 7) is 3.25. The van der Waals surface area contributed by atoms with Gasteiger partial charge in [-0.15, -0.1) is 0 Å². The summed E-state index contributed by atoms with van der Waals surface area (Å²) >= 11 is 3.34. The average molecular weight is 256 g/mol. The molecule has 0 radical (unpaired) electrons. The van der Waals surface area contributed by atoms with Crippen LogP contribution in [-0.2, 0) is 0 Å². The van der Waals surface area contributed by atoms with Crippen molar-refractivity contribution in [1.82, 2.24) is 9.97 Å². The lowest BCUT2D eigenvalue weighted by atomic mass is 10.4. The van der Waals surface area contributed by atoms with E-state index in [-0.39, 0.29) is 0 Å². The van der Waals surface area contributed by atoms with Crippen molar-refractivity contribution in [3.63, 3.8) is 0 Å². The summed E-state index contributed by atoms with van der Waals surface area (Å²) in [4.78, 5) is 11.0. The van der Waals surface area contributed by atoms with E-state index in [1.807, 2.05) is 12.4 Å². The fraction of sp³-hybridized carbons (Fsp3) is 0.600. The molecule has 0 saturated heterocycles. The average Bonchev–Trinajstić information content (AvgIpc) is 2.99. The third kappa shape index (κ3) is 2.23. The SMILES string of the molecule is CCCN(c1ncc(Br)cn1)C1CC1. The number of hydrogen-bond acceptors (Lipinski definition) is 3. The highest BCUT2D eigenvalue weighted by atomic mass is 79.9. The van der Waals surface area contributed by atoms with Crippen molar-refractivity contribution in [3.8, 4) is 0 Å². The Morgan fingerprint density at radius 2 is 2.07 bits per heavy atom. The van der Waals surface area contributed by atoms with Gasteiger partial charge in [0.2, 0.25) is 5.95 Å². The summed E-state index contributed by atoms with van der Waals surface area (Å²) < 4.78 is 0.938. The molecule has 1 heterocycles. The van der Waals surface area contributed by atoms with E-state index in [4.69, 9.17) is 0 Å². The first-order valence-corrected chi connectivity index (χ1v) is 5.84. The third-order valence-electron chi connectivity index (χ3n) is 2.32. The Labute approximate surface area is 92.7 Å². The van der Waals surface area contributed by atoms with Gasteiger partial charge >= 0.3 is 0 Å². The van der Waals surface area contributed by atoms with Crippen molar-refractivity contribution in [2.24, 2.45) is 0 Å². The van der Waals surface area contributed by atoms with Crippen LogP contribution in [-0.4, -0.2) is 22.6 Å². The number of rotatable bonds is 4. The van der Waals surface area contributed by atoms with Crippen LogP contribution in [0.4, 0.5) is 5.95 Å². The second-order valence-electron chi connectivity index (χ2n) is 3.63. The predicted octanol–water partition coefficient (Wildman–Crippen LogP) is 2.62. The Morgan fingerprint density at radius 1 is 1.43 bits per heavy atom. The van der Waals surface area contributed by atoms with E-state index in [1.54, 1.807) is 0 Å². The van der Waals surface area contributed by atoms with Gasteiger partial charge in [0.15, 0.2) is 0 Å². The van der Waals surface area contributed by atoms with Gasteiger partial charge in [-0.2, -0.15) is 0 Å². The number of anilines is 1. The van der Waals surface area contributed by atoms with E-state index in [9.17, 15) is 0 Å². The van der Waals surface area contributed by atoms with Crippen molar-refractivity contribution >= 4 is 21.9 Å². The number of aromatic nitrogens is 2. The van der Waals surface area contributed by atoms with Gasteiger partial charge in [0.1, 0.15) is 0 Å². The van der Waals surface area contributed by atoms with E-state index >= 15 is 0 Å². The fourth-order valence-corrected chi connectivity index (χ4v) is 1.73. The number of hydrogen-bond donors (Lipinski definition) is 0. The smallest absolute Gasteiger partial charge is 0.225 e. The first-order valence-electron chi connectivity index (χ1n) is 5.05. The standard InChI is InChI=1S/C10H14BrN3/c1-2-5-14(9-3-4-9)10-12-6-8(11)7-13-10/h6-7,9H,2-5H2,1H3. The summed E-state index contributed by atoms with van der Waals surface area (Å²) in [6, 6.07) is 0.691. The maximum Gasteiger partial charge on any atom is 0.225 e. The minimum atomic E-state index is 0.691. The van der Waals surface area contributed by atoms with Crippen molar-refractivity contribution < 1.29 is 0 Å². The zero-order valence-corrected chi connectivity index (χ0v) is 9.87. The van der Waals surface area contributed by atoms with Crippen LogP contribution in [0.5, 0.6) is 0 Å². The molecule has 1 aliphatic carbocycles. The van der Waals surface area contributed by atoms with Crippen molar-refractivity contribution in [2.45, 2.75) is 32.2 Å². The Morgan fingerprint density at radius 3 is 2.57 bits per heavy atom. The van der Waals surface area contributed by atoms with E-state index in [1.165, 1.54) is 12.8 Å². The predicted molar refractivity (Wildman–Crippen MR) is 60.4 cm³/mol. The van der Waals surface area contributed by atoms with Gasteiger partial charge < -0.3 is 4.90 Å². The van der Waals surface area contributed by atoms with Crippen LogP contribution < -0.4 is 4.90 Å². The zero-order valence-electron chi connectivity index (χ0n) is 8.28. The lowest BCUT2D eigenvalue weighted by molar-refractivity contribution is 0.734. The molecule has 0 amide bonds. The molecule has 4 heteroatoms. The van der Waals surface area contributed by atoms with Crippen molar-refractivity contribution in [3.05, 3.63) is 16.9 Å². The second kappa shape index (κ2) is 4.26. The maximum atomic E-state index is 4.33. The second-order valence-corrected chi connectivity index (χ2v) is 4.54. The molecule has 0 atom stereocenters. The molecule has 0 N–H and O–H groups in total. The molecule has 0 aromatic carbocycles. The molecule has 1 saturated carbocycles. The van der Waals surface area contributed by atoms with Crippen molar-refractivity contribution in [2.75, 3.05) is 11.4 Å². The monoisotopic (exact) mass is 255 g/mol. The maximum absolute atomic E-state index is 4.33. The lowest BCUT2D eigenvalue weighted by Crippen LogP contribution is -2.28. The van der Waals surface area contributed by atoms with Gasteiger partial charge in [-0.1, -0.05) is 6.92 Å². The molecule has 1 aliphatic rings. The number of nitrogens with zero attached hydrogens (tertiary/aromatic N) is 3.